The van der Waals surface area contributed by atoms with Crippen LogP contribution in [0.25, 0.3) is 11.3 Å². The first-order chi connectivity index (χ1) is 13.0. The lowest BCUT2D eigenvalue weighted by Gasteiger charge is -2.22. The van der Waals surface area contributed by atoms with Crippen molar-refractivity contribution in [1.29, 1.82) is 5.26 Å². The monoisotopic (exact) mass is 380 g/mol. The lowest BCUT2D eigenvalue weighted by atomic mass is 9.96. The van der Waals surface area contributed by atoms with E-state index in [-0.39, 0.29) is 22.9 Å². The number of aromatic nitrogens is 2. The summed E-state index contributed by atoms with van der Waals surface area (Å²) < 4.78 is 33.0. The smallest absolute Gasteiger partial charge is 0.268 e. The number of pyridine rings is 1. The summed E-state index contributed by atoms with van der Waals surface area (Å²) >= 11 is 0. The Hall–Kier alpha value is -3.15. The number of ether oxygens (including phenoxy) is 1. The second kappa shape index (κ2) is 6.54. The van der Waals surface area contributed by atoms with Gasteiger partial charge < -0.3 is 10.5 Å². The van der Waals surface area contributed by atoms with E-state index in [2.05, 4.69) is 11.1 Å². The van der Waals surface area contributed by atoms with Crippen molar-refractivity contribution in [2.24, 2.45) is 0 Å². The highest BCUT2D eigenvalue weighted by Gasteiger charge is 2.27. The average Bonchev–Trinajstić information content (AvgIpc) is 3.18. The van der Waals surface area contributed by atoms with Crippen LogP contribution in [-0.4, -0.2) is 24.0 Å². The van der Waals surface area contributed by atoms with Crippen molar-refractivity contribution in [3.63, 3.8) is 0 Å². The minimum Gasteiger partial charge on any atom is -0.383 e. The highest BCUT2D eigenvalue weighted by molar-refractivity contribution is 7.90. The summed E-state index contributed by atoms with van der Waals surface area (Å²) in [5.41, 5.74) is 8.42. The molecule has 136 valence electrons. The van der Waals surface area contributed by atoms with Crippen molar-refractivity contribution in [3.05, 3.63) is 65.5 Å². The van der Waals surface area contributed by atoms with Gasteiger partial charge in [0.25, 0.3) is 10.0 Å². The number of nitrogen functional groups attached to an aromatic ring is 1. The maximum atomic E-state index is 13.1. The number of anilines is 1. The zero-order valence-corrected chi connectivity index (χ0v) is 15.1. The van der Waals surface area contributed by atoms with Crippen molar-refractivity contribution in [2.75, 3.05) is 12.3 Å². The molecule has 4 rings (SSSR count). The molecule has 7 nitrogen and oxygen atoms in total. The molecule has 0 amide bonds. The molecule has 0 unspecified atom stereocenters. The third-order valence-electron chi connectivity index (χ3n) is 4.52. The summed E-state index contributed by atoms with van der Waals surface area (Å²) in [6, 6.07) is 13.5. The predicted octanol–water partition coefficient (Wildman–Crippen LogP) is 2.31. The maximum absolute atomic E-state index is 13.1. The van der Waals surface area contributed by atoms with Crippen LogP contribution in [0.1, 0.15) is 16.8 Å². The van der Waals surface area contributed by atoms with Crippen molar-refractivity contribution >= 4 is 15.8 Å². The van der Waals surface area contributed by atoms with E-state index in [1.807, 2.05) is 0 Å². The predicted molar refractivity (Wildman–Crippen MR) is 99.2 cm³/mol. The highest BCUT2D eigenvalue weighted by atomic mass is 32.2. The number of fused-ring (bicyclic) bond motifs is 1. The SMILES string of the molecule is N#Cc1c(N)nc2c(c1-c1cccn1S(=O)(=O)c1ccccc1)COCC2. The minimum absolute atomic E-state index is 0.0954. The molecule has 1 aliphatic heterocycles. The van der Waals surface area contributed by atoms with Crippen LogP contribution in [0.3, 0.4) is 0 Å². The van der Waals surface area contributed by atoms with Crippen molar-refractivity contribution < 1.29 is 13.2 Å². The van der Waals surface area contributed by atoms with Gasteiger partial charge in [-0.15, -0.1) is 0 Å². The Morgan fingerprint density at radius 3 is 2.70 bits per heavy atom. The molecule has 3 aromatic rings. The van der Waals surface area contributed by atoms with E-state index in [0.29, 0.717) is 29.8 Å². The molecule has 0 bridgehead atoms. The van der Waals surface area contributed by atoms with Crippen LogP contribution in [0.5, 0.6) is 0 Å². The first kappa shape index (κ1) is 17.3. The van der Waals surface area contributed by atoms with Gasteiger partial charge in [-0.1, -0.05) is 18.2 Å². The Labute approximate surface area is 156 Å². The Morgan fingerprint density at radius 1 is 1.19 bits per heavy atom. The van der Waals surface area contributed by atoms with E-state index >= 15 is 0 Å². The van der Waals surface area contributed by atoms with Gasteiger partial charge in [0.2, 0.25) is 0 Å². The molecular weight excluding hydrogens is 364 g/mol. The Bertz CT molecular complexity index is 1160. The molecule has 3 heterocycles. The number of nitrogens with zero attached hydrogens (tertiary/aromatic N) is 3. The Balaban J connectivity index is 2.00. The zero-order chi connectivity index (χ0) is 19.0. The number of hydrogen-bond acceptors (Lipinski definition) is 6. The summed E-state index contributed by atoms with van der Waals surface area (Å²) in [4.78, 5) is 4.48. The molecule has 0 atom stereocenters. The molecule has 0 radical (unpaired) electrons. The molecule has 0 saturated heterocycles. The van der Waals surface area contributed by atoms with Crippen LogP contribution in [0.2, 0.25) is 0 Å². The molecule has 2 aromatic heterocycles. The van der Waals surface area contributed by atoms with Crippen LogP contribution in [0.4, 0.5) is 5.82 Å². The average molecular weight is 380 g/mol. The van der Waals surface area contributed by atoms with Crippen molar-refractivity contribution in [2.45, 2.75) is 17.9 Å². The van der Waals surface area contributed by atoms with Crippen molar-refractivity contribution in [1.82, 2.24) is 8.96 Å². The van der Waals surface area contributed by atoms with Gasteiger partial charge in [0.1, 0.15) is 17.5 Å². The molecule has 8 heteroatoms. The molecule has 2 N–H and O–H groups in total. The number of hydrogen-bond donors (Lipinski definition) is 1. The van der Waals surface area contributed by atoms with Gasteiger partial charge in [0.15, 0.2) is 0 Å². The fraction of sp³-hybridized carbons (Fsp3) is 0.158. The lowest BCUT2D eigenvalue weighted by molar-refractivity contribution is 0.109. The van der Waals surface area contributed by atoms with Gasteiger partial charge in [-0.2, -0.15) is 5.26 Å². The molecule has 0 fully saturated rings. The van der Waals surface area contributed by atoms with Gasteiger partial charge in [-0.05, 0) is 24.3 Å². The normalized spacial score (nSPS) is 13.7. The summed E-state index contributed by atoms with van der Waals surface area (Å²) in [5.74, 6) is 0.0954. The van der Waals surface area contributed by atoms with E-state index in [0.717, 1.165) is 5.69 Å². The Morgan fingerprint density at radius 2 is 1.96 bits per heavy atom. The van der Waals surface area contributed by atoms with Gasteiger partial charge in [-0.3, -0.25) is 0 Å². The van der Waals surface area contributed by atoms with Crippen LogP contribution in [0.15, 0.2) is 53.6 Å². The summed E-state index contributed by atoms with van der Waals surface area (Å²) in [5, 5.41) is 9.64. The fourth-order valence-corrected chi connectivity index (χ4v) is 4.64. The third kappa shape index (κ3) is 2.77. The number of benzene rings is 1. The first-order valence-corrected chi connectivity index (χ1v) is 9.75. The van der Waals surface area contributed by atoms with Gasteiger partial charge >= 0.3 is 0 Å². The molecule has 0 saturated carbocycles. The molecule has 1 aromatic carbocycles. The quantitative estimate of drug-likeness (QED) is 0.746. The molecular formula is C19H16N4O3S. The Kier molecular flexibility index (Phi) is 4.18. The molecule has 0 spiro atoms. The highest BCUT2D eigenvalue weighted by Crippen LogP contribution is 2.36. The first-order valence-electron chi connectivity index (χ1n) is 8.31. The van der Waals surface area contributed by atoms with Gasteiger partial charge in [0.05, 0.1) is 29.5 Å². The summed E-state index contributed by atoms with van der Waals surface area (Å²) in [6.07, 6.45) is 2.02. The third-order valence-corrected chi connectivity index (χ3v) is 6.23. The maximum Gasteiger partial charge on any atom is 0.268 e. The molecule has 1 aliphatic rings. The summed E-state index contributed by atoms with van der Waals surface area (Å²) in [6.45, 7) is 0.761. The number of nitrogens with two attached hydrogens (primary N) is 1. The zero-order valence-electron chi connectivity index (χ0n) is 14.3. The van der Waals surface area contributed by atoms with Crippen molar-refractivity contribution in [3.8, 4) is 17.3 Å². The number of rotatable bonds is 3. The van der Waals surface area contributed by atoms with Crippen LogP contribution < -0.4 is 5.73 Å². The standard InChI is InChI=1S/C19H16N4O3S/c20-11-14-18(15-12-26-10-8-16(15)22-19(14)21)17-7-4-9-23(17)27(24,25)13-5-2-1-3-6-13/h1-7,9H,8,10,12H2,(H2,21,22). The second-order valence-electron chi connectivity index (χ2n) is 6.09. The topological polar surface area (TPSA) is 111 Å². The fourth-order valence-electron chi connectivity index (χ4n) is 3.27. The second-order valence-corrected chi connectivity index (χ2v) is 7.91. The summed E-state index contributed by atoms with van der Waals surface area (Å²) in [7, 11) is -3.83. The number of nitriles is 1. The van der Waals surface area contributed by atoms with Crippen LogP contribution >= 0.6 is 0 Å². The van der Waals surface area contributed by atoms with Gasteiger partial charge in [-0.25, -0.2) is 17.4 Å². The lowest BCUT2D eigenvalue weighted by Crippen LogP contribution is -2.18. The van der Waals surface area contributed by atoms with Gasteiger partial charge in [0, 0.05) is 23.7 Å². The van der Waals surface area contributed by atoms with E-state index in [4.69, 9.17) is 10.5 Å². The molecule has 27 heavy (non-hydrogen) atoms. The minimum atomic E-state index is -3.83. The largest absolute Gasteiger partial charge is 0.383 e. The van der Waals surface area contributed by atoms with Crippen LogP contribution in [0, 0.1) is 11.3 Å². The van der Waals surface area contributed by atoms with Crippen LogP contribution in [-0.2, 0) is 27.8 Å². The van der Waals surface area contributed by atoms with E-state index < -0.39 is 10.0 Å². The van der Waals surface area contributed by atoms with E-state index in [9.17, 15) is 13.7 Å². The molecule has 0 aliphatic carbocycles. The van der Waals surface area contributed by atoms with E-state index in [1.165, 1.54) is 22.3 Å². The van der Waals surface area contributed by atoms with E-state index in [1.54, 1.807) is 30.3 Å².